The SMILES string of the molecule is CC(O)N[C@@H]1CCN(c2n[nH]c3nccc(-c4ccc([C@@H](C)NC(=O)c5cc(C(C)(C)O)on5)cc4)c23)C1. The highest BCUT2D eigenvalue weighted by molar-refractivity contribution is 6.00. The fraction of sp³-hybridized carbons (Fsp3) is 0.407. The molecule has 1 unspecified atom stereocenters. The maximum absolute atomic E-state index is 12.7. The minimum absolute atomic E-state index is 0.116. The van der Waals surface area contributed by atoms with Gasteiger partial charge in [0.05, 0.1) is 11.4 Å². The van der Waals surface area contributed by atoms with E-state index in [-0.39, 0.29) is 29.4 Å². The number of nitrogens with zero attached hydrogens (tertiary/aromatic N) is 4. The van der Waals surface area contributed by atoms with Crippen LogP contribution in [0.3, 0.4) is 0 Å². The van der Waals surface area contributed by atoms with Gasteiger partial charge in [-0.05, 0) is 56.9 Å². The van der Waals surface area contributed by atoms with E-state index in [1.165, 1.54) is 6.07 Å². The number of carbonyl (C=O) groups is 1. The molecular weight excluding hydrogens is 486 g/mol. The van der Waals surface area contributed by atoms with Gasteiger partial charge in [0, 0.05) is 31.4 Å². The van der Waals surface area contributed by atoms with Crippen LogP contribution in [0.15, 0.2) is 47.1 Å². The summed E-state index contributed by atoms with van der Waals surface area (Å²) in [6.45, 7) is 8.34. The lowest BCUT2D eigenvalue weighted by Gasteiger charge is -2.19. The molecule has 1 aliphatic rings. The number of benzene rings is 1. The number of rotatable bonds is 8. The molecule has 200 valence electrons. The van der Waals surface area contributed by atoms with Gasteiger partial charge in [0.15, 0.2) is 22.9 Å². The molecule has 1 saturated heterocycles. The number of carbonyl (C=O) groups excluding carboxylic acids is 1. The van der Waals surface area contributed by atoms with Gasteiger partial charge in [-0.25, -0.2) is 4.98 Å². The molecule has 5 N–H and O–H groups in total. The largest absolute Gasteiger partial charge is 0.382 e. The van der Waals surface area contributed by atoms with Crippen molar-refractivity contribution in [2.45, 2.75) is 58.0 Å². The van der Waals surface area contributed by atoms with Crippen molar-refractivity contribution in [1.29, 1.82) is 0 Å². The molecule has 4 heterocycles. The summed E-state index contributed by atoms with van der Waals surface area (Å²) in [5, 5.41) is 38.2. The van der Waals surface area contributed by atoms with Crippen LogP contribution in [-0.2, 0) is 5.60 Å². The number of nitrogens with one attached hydrogen (secondary N) is 3. The van der Waals surface area contributed by atoms with Crippen molar-refractivity contribution in [3.8, 4) is 11.1 Å². The highest BCUT2D eigenvalue weighted by Gasteiger charge is 2.28. The highest BCUT2D eigenvalue weighted by Crippen LogP contribution is 2.35. The standard InChI is InChI=1S/C27H33N7O4/c1-15(29-26(36)21-13-22(38-33-21)27(3,4)37)17-5-7-18(8-6-17)20-9-11-28-24-23(20)25(32-31-24)34-12-10-19(14-34)30-16(2)35/h5-9,11,13,15-16,19,30,35,37H,10,12,14H2,1-4H3,(H,29,36)(H,28,31,32)/t15-,16?,19-/m1/s1. The van der Waals surface area contributed by atoms with Crippen molar-refractivity contribution < 1.29 is 19.5 Å². The molecule has 0 radical (unpaired) electrons. The van der Waals surface area contributed by atoms with Gasteiger partial charge in [-0.15, -0.1) is 0 Å². The first-order chi connectivity index (χ1) is 18.1. The lowest BCUT2D eigenvalue weighted by atomic mass is 9.99. The normalized spacial score (nSPS) is 17.6. The first-order valence-electron chi connectivity index (χ1n) is 12.7. The number of pyridine rings is 1. The number of aromatic nitrogens is 4. The zero-order valence-corrected chi connectivity index (χ0v) is 21.9. The summed E-state index contributed by atoms with van der Waals surface area (Å²) in [4.78, 5) is 19.3. The molecule has 0 spiro atoms. The monoisotopic (exact) mass is 519 g/mol. The number of aliphatic hydroxyl groups is 2. The molecule has 11 heteroatoms. The zero-order valence-electron chi connectivity index (χ0n) is 21.9. The molecule has 5 rings (SSSR count). The minimum Gasteiger partial charge on any atom is -0.382 e. The van der Waals surface area contributed by atoms with Crippen LogP contribution in [0, 0.1) is 0 Å². The zero-order chi connectivity index (χ0) is 27.0. The Labute approximate surface area is 220 Å². The van der Waals surface area contributed by atoms with Gasteiger partial charge < -0.3 is 25.0 Å². The van der Waals surface area contributed by atoms with Gasteiger partial charge >= 0.3 is 0 Å². The Morgan fingerprint density at radius 2 is 2.00 bits per heavy atom. The van der Waals surface area contributed by atoms with Gasteiger partial charge in [-0.3, -0.25) is 15.2 Å². The second-order valence-corrected chi connectivity index (χ2v) is 10.4. The molecule has 1 amide bonds. The second-order valence-electron chi connectivity index (χ2n) is 10.4. The van der Waals surface area contributed by atoms with Crippen molar-refractivity contribution in [1.82, 2.24) is 31.0 Å². The summed E-state index contributed by atoms with van der Waals surface area (Å²) in [6.07, 6.45) is 2.12. The van der Waals surface area contributed by atoms with Crippen molar-refractivity contribution in [3.05, 3.63) is 59.6 Å². The Bertz CT molecular complexity index is 1420. The van der Waals surface area contributed by atoms with E-state index >= 15 is 0 Å². The highest BCUT2D eigenvalue weighted by atomic mass is 16.5. The molecule has 4 aromatic rings. The quantitative estimate of drug-likeness (QED) is 0.221. The fourth-order valence-electron chi connectivity index (χ4n) is 4.81. The summed E-state index contributed by atoms with van der Waals surface area (Å²) in [5.41, 5.74) is 2.56. The molecule has 0 saturated carbocycles. The maximum atomic E-state index is 12.7. The lowest BCUT2D eigenvalue weighted by molar-refractivity contribution is 0.0474. The third-order valence-corrected chi connectivity index (χ3v) is 6.82. The molecular formula is C27H33N7O4. The van der Waals surface area contributed by atoms with Gasteiger partial charge in [-0.2, -0.15) is 5.10 Å². The van der Waals surface area contributed by atoms with Crippen LogP contribution in [0.1, 0.15) is 62.0 Å². The predicted molar refractivity (Wildman–Crippen MR) is 142 cm³/mol. The summed E-state index contributed by atoms with van der Waals surface area (Å²) in [7, 11) is 0. The maximum Gasteiger partial charge on any atom is 0.273 e. The minimum atomic E-state index is -1.22. The van der Waals surface area contributed by atoms with E-state index in [0.717, 1.165) is 47.4 Å². The van der Waals surface area contributed by atoms with Gasteiger partial charge in [-0.1, -0.05) is 29.4 Å². The average molecular weight is 520 g/mol. The van der Waals surface area contributed by atoms with Crippen molar-refractivity contribution in [2.75, 3.05) is 18.0 Å². The summed E-state index contributed by atoms with van der Waals surface area (Å²) in [5.74, 6) is 0.694. The average Bonchev–Trinajstić information content (AvgIpc) is 3.62. The molecule has 1 aromatic carbocycles. The van der Waals surface area contributed by atoms with Crippen molar-refractivity contribution >= 4 is 22.8 Å². The van der Waals surface area contributed by atoms with Gasteiger partial charge in [0.25, 0.3) is 5.91 Å². The first-order valence-corrected chi connectivity index (χ1v) is 12.7. The lowest BCUT2D eigenvalue weighted by Crippen LogP contribution is -2.38. The third kappa shape index (κ3) is 5.26. The molecule has 0 bridgehead atoms. The van der Waals surface area contributed by atoms with E-state index in [9.17, 15) is 15.0 Å². The van der Waals surface area contributed by atoms with E-state index in [1.807, 2.05) is 37.3 Å². The van der Waals surface area contributed by atoms with E-state index in [1.54, 1.807) is 27.0 Å². The van der Waals surface area contributed by atoms with E-state index < -0.39 is 11.8 Å². The number of aliphatic hydroxyl groups excluding tert-OH is 1. The van der Waals surface area contributed by atoms with Crippen LogP contribution in [0.4, 0.5) is 5.82 Å². The second kappa shape index (κ2) is 10.2. The van der Waals surface area contributed by atoms with Crippen molar-refractivity contribution in [2.24, 2.45) is 0 Å². The van der Waals surface area contributed by atoms with Crippen molar-refractivity contribution in [3.63, 3.8) is 0 Å². The number of fused-ring (bicyclic) bond motifs is 1. The molecule has 11 nitrogen and oxygen atoms in total. The van der Waals surface area contributed by atoms with Crippen LogP contribution in [0.2, 0.25) is 0 Å². The molecule has 38 heavy (non-hydrogen) atoms. The Hall–Kier alpha value is -3.80. The fourth-order valence-corrected chi connectivity index (χ4v) is 4.81. The topological polar surface area (TPSA) is 152 Å². The summed E-state index contributed by atoms with van der Waals surface area (Å²) in [6, 6.07) is 11.4. The van der Waals surface area contributed by atoms with Gasteiger partial charge in [0.1, 0.15) is 11.8 Å². The molecule has 3 atom stereocenters. The van der Waals surface area contributed by atoms with Gasteiger partial charge in [0.2, 0.25) is 0 Å². The Morgan fingerprint density at radius 1 is 1.24 bits per heavy atom. The van der Waals surface area contributed by atoms with Crippen LogP contribution in [0.5, 0.6) is 0 Å². The Kier molecular flexibility index (Phi) is 6.91. The molecule has 1 fully saturated rings. The van der Waals surface area contributed by atoms with Crippen LogP contribution >= 0.6 is 0 Å². The van der Waals surface area contributed by atoms with Crippen LogP contribution in [-0.4, -0.2) is 61.8 Å². The number of H-pyrrole nitrogens is 1. The Morgan fingerprint density at radius 3 is 2.68 bits per heavy atom. The van der Waals surface area contributed by atoms with E-state index in [2.05, 4.69) is 35.9 Å². The summed E-state index contributed by atoms with van der Waals surface area (Å²) < 4.78 is 5.11. The first kappa shape index (κ1) is 25.8. The number of hydrogen-bond acceptors (Lipinski definition) is 9. The third-order valence-electron chi connectivity index (χ3n) is 6.82. The number of hydrogen-bond donors (Lipinski definition) is 5. The van der Waals surface area contributed by atoms with Crippen LogP contribution in [0.25, 0.3) is 22.2 Å². The predicted octanol–water partition coefficient (Wildman–Crippen LogP) is 2.84. The molecule has 1 aliphatic heterocycles. The number of anilines is 1. The smallest absolute Gasteiger partial charge is 0.273 e. The molecule has 3 aromatic heterocycles. The molecule has 0 aliphatic carbocycles. The number of aromatic amines is 1. The van der Waals surface area contributed by atoms with E-state index in [4.69, 9.17) is 4.52 Å². The number of amides is 1. The summed E-state index contributed by atoms with van der Waals surface area (Å²) >= 11 is 0. The Balaban J connectivity index is 1.34. The van der Waals surface area contributed by atoms with E-state index in [0.29, 0.717) is 5.65 Å². The van der Waals surface area contributed by atoms with Crippen LogP contribution < -0.4 is 15.5 Å².